The van der Waals surface area contributed by atoms with Crippen LogP contribution in [0.2, 0.25) is 0 Å². The maximum atomic E-state index is 10.0. The summed E-state index contributed by atoms with van der Waals surface area (Å²) in [5.41, 5.74) is 5.90. The topological polar surface area (TPSA) is 82.1 Å². The average Bonchev–Trinajstić information content (AvgIpc) is 2.19. The summed E-state index contributed by atoms with van der Waals surface area (Å²) in [4.78, 5) is 0. The molecule has 0 heterocycles. The van der Waals surface area contributed by atoms with E-state index in [1.807, 2.05) is 19.9 Å². The molecular formula is C13H19N3O. The Labute approximate surface area is 102 Å². The fourth-order valence-electron chi connectivity index (χ4n) is 1.24. The van der Waals surface area contributed by atoms with Gasteiger partial charge in [0.25, 0.3) is 0 Å². The second kappa shape index (κ2) is 4.27. The molecule has 4 N–H and O–H groups in total. The number of hydrogen-bond donors (Lipinski definition) is 3. The molecule has 0 aromatic heterocycles. The molecule has 0 saturated heterocycles. The van der Waals surface area contributed by atoms with E-state index in [9.17, 15) is 5.11 Å². The number of anilines is 2. The highest BCUT2D eigenvalue weighted by atomic mass is 16.3. The number of nitrogen functional groups attached to an aromatic ring is 1. The monoisotopic (exact) mass is 233 g/mol. The van der Waals surface area contributed by atoms with E-state index < -0.39 is 11.1 Å². The minimum atomic E-state index is -0.888. The molecule has 0 fully saturated rings. The van der Waals surface area contributed by atoms with Gasteiger partial charge in [-0.2, -0.15) is 5.26 Å². The minimum Gasteiger partial charge on any atom is -0.398 e. The number of benzene rings is 1. The van der Waals surface area contributed by atoms with Gasteiger partial charge in [-0.15, -0.1) is 0 Å². The van der Waals surface area contributed by atoms with Crippen LogP contribution in [0.3, 0.4) is 0 Å². The molecule has 0 aliphatic carbocycles. The van der Waals surface area contributed by atoms with E-state index in [0.29, 0.717) is 11.3 Å². The summed E-state index contributed by atoms with van der Waals surface area (Å²) >= 11 is 0. The van der Waals surface area contributed by atoms with Crippen LogP contribution in [-0.4, -0.2) is 16.2 Å². The SMILES string of the molecule is CC(C)(O)C(C)(C)Nc1ccc(N)c(C#N)c1. The zero-order valence-electron chi connectivity index (χ0n) is 10.7. The van der Waals surface area contributed by atoms with Crippen molar-refractivity contribution in [2.75, 3.05) is 11.1 Å². The Kier molecular flexibility index (Phi) is 3.35. The van der Waals surface area contributed by atoms with Crippen LogP contribution in [-0.2, 0) is 0 Å². The summed E-state index contributed by atoms with van der Waals surface area (Å²) < 4.78 is 0. The zero-order valence-corrected chi connectivity index (χ0v) is 10.7. The number of nitriles is 1. The van der Waals surface area contributed by atoms with Crippen molar-refractivity contribution < 1.29 is 5.11 Å². The largest absolute Gasteiger partial charge is 0.398 e. The first-order chi connectivity index (χ1) is 7.67. The van der Waals surface area contributed by atoms with Gasteiger partial charge < -0.3 is 16.2 Å². The van der Waals surface area contributed by atoms with Crippen molar-refractivity contribution in [3.63, 3.8) is 0 Å². The van der Waals surface area contributed by atoms with Gasteiger partial charge >= 0.3 is 0 Å². The molecule has 0 saturated carbocycles. The van der Waals surface area contributed by atoms with Gasteiger partial charge in [0.2, 0.25) is 0 Å². The number of aliphatic hydroxyl groups is 1. The first-order valence-electron chi connectivity index (χ1n) is 5.47. The van der Waals surface area contributed by atoms with Crippen molar-refractivity contribution in [1.82, 2.24) is 0 Å². The van der Waals surface area contributed by atoms with Gasteiger partial charge in [0.05, 0.1) is 16.7 Å². The Hall–Kier alpha value is -1.73. The van der Waals surface area contributed by atoms with Gasteiger partial charge in [0.1, 0.15) is 6.07 Å². The Balaban J connectivity index is 3.02. The second-order valence-corrected chi connectivity index (χ2v) is 5.22. The van der Waals surface area contributed by atoms with Crippen molar-refractivity contribution in [2.24, 2.45) is 0 Å². The van der Waals surface area contributed by atoms with E-state index >= 15 is 0 Å². The fourth-order valence-corrected chi connectivity index (χ4v) is 1.24. The Bertz CT molecular complexity index is 453. The molecule has 17 heavy (non-hydrogen) atoms. The van der Waals surface area contributed by atoms with E-state index in [1.165, 1.54) is 0 Å². The van der Waals surface area contributed by atoms with Crippen LogP contribution in [0.4, 0.5) is 11.4 Å². The van der Waals surface area contributed by atoms with Crippen LogP contribution >= 0.6 is 0 Å². The maximum Gasteiger partial charge on any atom is 0.101 e. The highest BCUT2D eigenvalue weighted by Crippen LogP contribution is 2.27. The van der Waals surface area contributed by atoms with Crippen LogP contribution in [0.25, 0.3) is 0 Å². The molecule has 0 aliphatic rings. The van der Waals surface area contributed by atoms with Crippen molar-refractivity contribution in [3.05, 3.63) is 23.8 Å². The van der Waals surface area contributed by atoms with E-state index in [4.69, 9.17) is 11.0 Å². The van der Waals surface area contributed by atoms with E-state index in [-0.39, 0.29) is 0 Å². The molecule has 4 heteroatoms. The van der Waals surface area contributed by atoms with Crippen LogP contribution < -0.4 is 11.1 Å². The summed E-state index contributed by atoms with van der Waals surface area (Å²) in [5, 5.41) is 22.1. The van der Waals surface area contributed by atoms with E-state index in [2.05, 4.69) is 5.32 Å². The lowest BCUT2D eigenvalue weighted by Gasteiger charge is -2.39. The lowest BCUT2D eigenvalue weighted by Crippen LogP contribution is -2.51. The molecule has 1 aromatic carbocycles. The molecular weight excluding hydrogens is 214 g/mol. The molecule has 0 unspecified atom stereocenters. The van der Waals surface area contributed by atoms with Crippen LogP contribution in [0.1, 0.15) is 33.3 Å². The highest BCUT2D eigenvalue weighted by Gasteiger charge is 2.34. The predicted molar refractivity (Wildman–Crippen MR) is 69.6 cm³/mol. The summed E-state index contributed by atoms with van der Waals surface area (Å²) in [7, 11) is 0. The summed E-state index contributed by atoms with van der Waals surface area (Å²) in [6.07, 6.45) is 0. The first kappa shape index (κ1) is 13.3. The van der Waals surface area contributed by atoms with Gasteiger partial charge in [0, 0.05) is 11.4 Å². The molecule has 0 spiro atoms. The van der Waals surface area contributed by atoms with Gasteiger partial charge in [-0.3, -0.25) is 0 Å². The number of nitrogens with two attached hydrogens (primary N) is 1. The summed E-state index contributed by atoms with van der Waals surface area (Å²) in [5.74, 6) is 0. The molecule has 0 atom stereocenters. The summed E-state index contributed by atoms with van der Waals surface area (Å²) in [6, 6.07) is 7.19. The maximum absolute atomic E-state index is 10.0. The van der Waals surface area contributed by atoms with Crippen molar-refractivity contribution in [1.29, 1.82) is 5.26 Å². The second-order valence-electron chi connectivity index (χ2n) is 5.22. The van der Waals surface area contributed by atoms with Gasteiger partial charge in [0.15, 0.2) is 0 Å². The smallest absolute Gasteiger partial charge is 0.101 e. The van der Waals surface area contributed by atoms with Crippen molar-refractivity contribution >= 4 is 11.4 Å². The highest BCUT2D eigenvalue weighted by molar-refractivity contribution is 5.62. The quantitative estimate of drug-likeness (QED) is 0.698. The third kappa shape index (κ3) is 2.89. The Morgan fingerprint density at radius 3 is 2.35 bits per heavy atom. The van der Waals surface area contributed by atoms with Gasteiger partial charge in [-0.1, -0.05) is 0 Å². The van der Waals surface area contributed by atoms with Gasteiger partial charge in [-0.25, -0.2) is 0 Å². The normalized spacial score (nSPS) is 12.0. The predicted octanol–water partition coefficient (Wildman–Crippen LogP) is 2.10. The lowest BCUT2D eigenvalue weighted by atomic mass is 9.85. The molecule has 4 nitrogen and oxygen atoms in total. The van der Waals surface area contributed by atoms with Crippen LogP contribution in [0, 0.1) is 11.3 Å². The fraction of sp³-hybridized carbons (Fsp3) is 0.462. The molecule has 1 aromatic rings. The van der Waals surface area contributed by atoms with E-state index in [0.717, 1.165) is 5.69 Å². The number of nitrogens with one attached hydrogen (secondary N) is 1. The van der Waals surface area contributed by atoms with Crippen LogP contribution in [0.15, 0.2) is 18.2 Å². The van der Waals surface area contributed by atoms with Crippen molar-refractivity contribution in [3.8, 4) is 6.07 Å². The average molecular weight is 233 g/mol. The number of rotatable bonds is 3. The van der Waals surface area contributed by atoms with Crippen LogP contribution in [0.5, 0.6) is 0 Å². The molecule has 92 valence electrons. The number of hydrogen-bond acceptors (Lipinski definition) is 4. The van der Waals surface area contributed by atoms with Crippen molar-refractivity contribution in [2.45, 2.75) is 38.8 Å². The Morgan fingerprint density at radius 2 is 1.88 bits per heavy atom. The standard InChI is InChI=1S/C13H19N3O/c1-12(2,13(3,4)17)16-10-5-6-11(15)9(7-10)8-14/h5-7,16-17H,15H2,1-4H3. The van der Waals surface area contributed by atoms with E-state index in [1.54, 1.807) is 32.0 Å². The molecule has 0 aliphatic heterocycles. The first-order valence-corrected chi connectivity index (χ1v) is 5.47. The zero-order chi connectivity index (χ0) is 13.3. The third-order valence-electron chi connectivity index (χ3n) is 3.16. The molecule has 0 radical (unpaired) electrons. The third-order valence-corrected chi connectivity index (χ3v) is 3.16. The van der Waals surface area contributed by atoms with Gasteiger partial charge in [-0.05, 0) is 45.9 Å². The molecule has 1 rings (SSSR count). The molecule has 0 amide bonds. The Morgan fingerprint density at radius 1 is 1.29 bits per heavy atom. The minimum absolute atomic E-state index is 0.432. The summed E-state index contributed by atoms with van der Waals surface area (Å²) in [6.45, 7) is 7.27. The number of nitrogens with zero attached hydrogens (tertiary/aromatic N) is 1. The molecule has 0 bridgehead atoms. The lowest BCUT2D eigenvalue weighted by molar-refractivity contribution is 0.0240.